The lowest BCUT2D eigenvalue weighted by atomic mass is 10.2. The standard InChI is InChI=1S/C17H17F3N4O2/c18-17(19,20)14-6-7-21-16(24-14)22-10-11-3-1-4-12(9-11)23-15(25)13-5-2-8-26-13/h1,3-4,6-7,9,13H,2,5,8,10H2,(H,23,25)(H,21,22,24). The zero-order chi connectivity index (χ0) is 18.6. The number of benzene rings is 1. The summed E-state index contributed by atoms with van der Waals surface area (Å²) in [6.45, 7) is 0.796. The molecule has 2 aromatic rings. The van der Waals surface area contributed by atoms with Gasteiger partial charge in [-0.3, -0.25) is 4.79 Å². The van der Waals surface area contributed by atoms with E-state index in [2.05, 4.69) is 20.6 Å². The summed E-state index contributed by atoms with van der Waals surface area (Å²) >= 11 is 0. The molecule has 2 heterocycles. The number of alkyl halides is 3. The zero-order valence-electron chi connectivity index (χ0n) is 13.7. The van der Waals surface area contributed by atoms with Crippen molar-refractivity contribution in [3.8, 4) is 0 Å². The predicted molar refractivity (Wildman–Crippen MR) is 88.4 cm³/mol. The highest BCUT2D eigenvalue weighted by molar-refractivity contribution is 5.94. The molecule has 2 N–H and O–H groups in total. The van der Waals surface area contributed by atoms with Gasteiger partial charge in [0, 0.05) is 25.0 Å². The molecule has 1 aromatic carbocycles. The van der Waals surface area contributed by atoms with Crippen molar-refractivity contribution < 1.29 is 22.7 Å². The van der Waals surface area contributed by atoms with Gasteiger partial charge < -0.3 is 15.4 Å². The third-order valence-electron chi connectivity index (χ3n) is 3.81. The zero-order valence-corrected chi connectivity index (χ0v) is 13.7. The second-order valence-electron chi connectivity index (χ2n) is 5.81. The van der Waals surface area contributed by atoms with E-state index in [0.29, 0.717) is 18.7 Å². The molecular formula is C17H17F3N4O2. The lowest BCUT2D eigenvalue weighted by molar-refractivity contribution is -0.141. The van der Waals surface area contributed by atoms with Gasteiger partial charge in [-0.05, 0) is 36.6 Å². The molecule has 3 rings (SSSR count). The van der Waals surface area contributed by atoms with Gasteiger partial charge in [-0.15, -0.1) is 0 Å². The van der Waals surface area contributed by atoms with E-state index in [0.717, 1.165) is 24.2 Å². The Morgan fingerprint density at radius 2 is 2.15 bits per heavy atom. The Kier molecular flexibility index (Phi) is 5.36. The van der Waals surface area contributed by atoms with Gasteiger partial charge in [0.05, 0.1) is 0 Å². The molecule has 1 saturated heterocycles. The average Bonchev–Trinajstić information content (AvgIpc) is 3.15. The monoisotopic (exact) mass is 366 g/mol. The molecule has 1 aromatic heterocycles. The van der Waals surface area contributed by atoms with Gasteiger partial charge in [-0.2, -0.15) is 13.2 Å². The Balaban J connectivity index is 1.61. The van der Waals surface area contributed by atoms with Crippen LogP contribution in [0.5, 0.6) is 0 Å². The second kappa shape index (κ2) is 7.69. The van der Waals surface area contributed by atoms with Crippen LogP contribution in [0.2, 0.25) is 0 Å². The fourth-order valence-electron chi connectivity index (χ4n) is 2.55. The molecule has 1 aliphatic heterocycles. The van der Waals surface area contributed by atoms with Gasteiger partial charge in [0.15, 0.2) is 0 Å². The number of hydrogen-bond donors (Lipinski definition) is 2. The van der Waals surface area contributed by atoms with Crippen LogP contribution >= 0.6 is 0 Å². The third kappa shape index (κ3) is 4.69. The number of hydrogen-bond acceptors (Lipinski definition) is 5. The maximum Gasteiger partial charge on any atom is 0.433 e. The van der Waals surface area contributed by atoms with E-state index in [9.17, 15) is 18.0 Å². The van der Waals surface area contributed by atoms with E-state index < -0.39 is 18.0 Å². The van der Waals surface area contributed by atoms with Crippen LogP contribution in [0.4, 0.5) is 24.8 Å². The van der Waals surface area contributed by atoms with E-state index >= 15 is 0 Å². The lowest BCUT2D eigenvalue weighted by Crippen LogP contribution is -2.26. The van der Waals surface area contributed by atoms with Crippen LogP contribution in [-0.2, 0) is 22.3 Å². The van der Waals surface area contributed by atoms with E-state index in [1.165, 1.54) is 0 Å². The Morgan fingerprint density at radius 1 is 1.31 bits per heavy atom. The Hall–Kier alpha value is -2.68. The molecule has 6 nitrogen and oxygen atoms in total. The molecule has 1 unspecified atom stereocenters. The highest BCUT2D eigenvalue weighted by Crippen LogP contribution is 2.27. The first-order valence-electron chi connectivity index (χ1n) is 8.07. The predicted octanol–water partition coefficient (Wildman–Crippen LogP) is 3.23. The van der Waals surface area contributed by atoms with Gasteiger partial charge in [-0.1, -0.05) is 12.1 Å². The first-order chi connectivity index (χ1) is 12.4. The Bertz CT molecular complexity index is 777. The number of nitrogens with zero attached hydrogens (tertiary/aromatic N) is 2. The van der Waals surface area contributed by atoms with Crippen molar-refractivity contribution in [2.24, 2.45) is 0 Å². The first kappa shape index (κ1) is 18.1. The summed E-state index contributed by atoms with van der Waals surface area (Å²) in [5, 5.41) is 5.53. The molecule has 1 fully saturated rings. The summed E-state index contributed by atoms with van der Waals surface area (Å²) in [5.74, 6) is -0.317. The number of ether oxygens (including phenoxy) is 1. The van der Waals surface area contributed by atoms with E-state index in [4.69, 9.17) is 4.74 Å². The number of carbonyl (C=O) groups excluding carboxylic acids is 1. The molecular weight excluding hydrogens is 349 g/mol. The minimum absolute atomic E-state index is 0.117. The van der Waals surface area contributed by atoms with Crippen molar-refractivity contribution in [1.29, 1.82) is 0 Å². The van der Waals surface area contributed by atoms with Crippen LogP contribution in [0.25, 0.3) is 0 Å². The van der Waals surface area contributed by atoms with Crippen molar-refractivity contribution in [2.45, 2.75) is 31.7 Å². The van der Waals surface area contributed by atoms with Gasteiger partial charge in [0.25, 0.3) is 5.91 Å². The number of amides is 1. The molecule has 0 aliphatic carbocycles. The topological polar surface area (TPSA) is 76.1 Å². The molecule has 1 atom stereocenters. The van der Waals surface area contributed by atoms with Gasteiger partial charge >= 0.3 is 6.18 Å². The fraction of sp³-hybridized carbons (Fsp3) is 0.353. The van der Waals surface area contributed by atoms with Crippen LogP contribution in [0.3, 0.4) is 0 Å². The average molecular weight is 366 g/mol. The quantitative estimate of drug-likeness (QED) is 0.850. The van der Waals surface area contributed by atoms with E-state index in [1.807, 2.05) is 0 Å². The summed E-state index contributed by atoms with van der Waals surface area (Å²) in [4.78, 5) is 19.3. The van der Waals surface area contributed by atoms with Crippen LogP contribution in [0.1, 0.15) is 24.1 Å². The van der Waals surface area contributed by atoms with Crippen molar-refractivity contribution in [1.82, 2.24) is 9.97 Å². The van der Waals surface area contributed by atoms with Crippen molar-refractivity contribution >= 4 is 17.5 Å². The molecule has 138 valence electrons. The highest BCUT2D eigenvalue weighted by Gasteiger charge is 2.32. The van der Waals surface area contributed by atoms with Crippen LogP contribution < -0.4 is 10.6 Å². The second-order valence-corrected chi connectivity index (χ2v) is 5.81. The van der Waals surface area contributed by atoms with Crippen molar-refractivity contribution in [3.63, 3.8) is 0 Å². The molecule has 1 amide bonds. The van der Waals surface area contributed by atoms with Crippen LogP contribution in [-0.4, -0.2) is 28.6 Å². The van der Waals surface area contributed by atoms with E-state index in [-0.39, 0.29) is 18.4 Å². The lowest BCUT2D eigenvalue weighted by Gasteiger charge is -2.12. The smallest absolute Gasteiger partial charge is 0.368 e. The number of anilines is 2. The van der Waals surface area contributed by atoms with Crippen LogP contribution in [0.15, 0.2) is 36.5 Å². The number of halogens is 3. The number of carbonyl (C=O) groups is 1. The summed E-state index contributed by atoms with van der Waals surface area (Å²) in [6.07, 6.45) is -2.35. The SMILES string of the molecule is O=C(Nc1cccc(CNc2nccc(C(F)(F)F)n2)c1)C1CCCO1. The van der Waals surface area contributed by atoms with Gasteiger partial charge in [0.2, 0.25) is 5.95 Å². The fourth-order valence-corrected chi connectivity index (χ4v) is 2.55. The normalized spacial score (nSPS) is 17.1. The molecule has 0 radical (unpaired) electrons. The summed E-state index contributed by atoms with van der Waals surface area (Å²) in [5.41, 5.74) is 0.346. The molecule has 1 aliphatic rings. The van der Waals surface area contributed by atoms with E-state index in [1.54, 1.807) is 24.3 Å². The third-order valence-corrected chi connectivity index (χ3v) is 3.81. The van der Waals surface area contributed by atoms with Gasteiger partial charge in [0.1, 0.15) is 11.8 Å². The summed E-state index contributed by atoms with van der Waals surface area (Å²) in [7, 11) is 0. The maximum absolute atomic E-state index is 12.7. The minimum atomic E-state index is -4.52. The Labute approximate surface area is 147 Å². The van der Waals surface area contributed by atoms with Crippen molar-refractivity contribution in [2.75, 3.05) is 17.2 Å². The number of nitrogens with one attached hydrogen (secondary N) is 2. The maximum atomic E-state index is 12.7. The highest BCUT2D eigenvalue weighted by atomic mass is 19.4. The van der Waals surface area contributed by atoms with Gasteiger partial charge in [-0.25, -0.2) is 9.97 Å². The Morgan fingerprint density at radius 3 is 2.88 bits per heavy atom. The number of rotatable bonds is 5. The first-order valence-corrected chi connectivity index (χ1v) is 8.07. The van der Waals surface area contributed by atoms with Crippen molar-refractivity contribution in [3.05, 3.63) is 47.8 Å². The molecule has 9 heteroatoms. The summed E-state index contributed by atoms with van der Waals surface area (Å²) in [6, 6.07) is 7.80. The molecule has 0 spiro atoms. The van der Waals surface area contributed by atoms with Crippen LogP contribution in [0, 0.1) is 0 Å². The largest absolute Gasteiger partial charge is 0.433 e. The molecule has 26 heavy (non-hydrogen) atoms. The molecule has 0 saturated carbocycles. The summed E-state index contributed by atoms with van der Waals surface area (Å²) < 4.78 is 43.3. The molecule has 0 bridgehead atoms. The number of aromatic nitrogens is 2. The minimum Gasteiger partial charge on any atom is -0.368 e.